The molecule has 0 amide bonds. The summed E-state index contributed by atoms with van der Waals surface area (Å²) in [6.07, 6.45) is 25.1. The lowest BCUT2D eigenvalue weighted by Gasteiger charge is -2.06. The fraction of sp³-hybridized carbons (Fsp3) is 0.962. The molecule has 0 radical (unpaired) electrons. The van der Waals surface area contributed by atoms with Crippen molar-refractivity contribution < 1.29 is 14.3 Å². The predicted molar refractivity (Wildman–Crippen MR) is 131 cm³/mol. The van der Waals surface area contributed by atoms with Crippen LogP contribution in [0.4, 0.5) is 0 Å². The Kier molecular flexibility index (Phi) is 26.5. The molecular formula is C26H51ClO3. The van der Waals surface area contributed by atoms with E-state index in [-0.39, 0.29) is 5.97 Å². The zero-order chi connectivity index (χ0) is 22.0. The molecule has 0 aromatic carbocycles. The fourth-order valence-electron chi connectivity index (χ4n) is 3.68. The van der Waals surface area contributed by atoms with Crippen molar-refractivity contribution in [1.82, 2.24) is 0 Å². The molecular weight excluding hydrogens is 396 g/mol. The van der Waals surface area contributed by atoms with Gasteiger partial charge in [-0.1, -0.05) is 110 Å². The van der Waals surface area contributed by atoms with E-state index in [4.69, 9.17) is 21.1 Å². The summed E-state index contributed by atoms with van der Waals surface area (Å²) in [4.78, 5) is 11.7. The largest absolute Gasteiger partial charge is 0.463 e. The van der Waals surface area contributed by atoms with Gasteiger partial charge in [-0.3, -0.25) is 4.79 Å². The van der Waals surface area contributed by atoms with Crippen LogP contribution in [0.5, 0.6) is 0 Å². The number of carbonyl (C=O) groups excluding carboxylic acids is 1. The van der Waals surface area contributed by atoms with Crippen molar-refractivity contribution >= 4 is 17.6 Å². The molecule has 0 saturated heterocycles. The Morgan fingerprint density at radius 1 is 0.567 bits per heavy atom. The van der Waals surface area contributed by atoms with Crippen LogP contribution in [0, 0.1) is 0 Å². The summed E-state index contributed by atoms with van der Waals surface area (Å²) in [6, 6.07) is 0. The average Bonchev–Trinajstić information content (AvgIpc) is 2.75. The molecule has 0 unspecified atom stereocenters. The quantitative estimate of drug-likeness (QED) is 0.0799. The van der Waals surface area contributed by atoms with E-state index >= 15 is 0 Å². The van der Waals surface area contributed by atoms with E-state index in [1.165, 1.54) is 89.9 Å². The van der Waals surface area contributed by atoms with Gasteiger partial charge in [-0.05, 0) is 19.3 Å². The molecule has 30 heavy (non-hydrogen) atoms. The van der Waals surface area contributed by atoms with Crippen LogP contribution in [-0.4, -0.2) is 31.7 Å². The standard InChI is InChI=1S/C26H51ClO3/c1-2-3-4-5-6-7-8-9-10-11-12-13-14-15-18-21-26(28)30-25-24-29-23-20-17-16-19-22-27/h2-25H2,1H3. The maximum atomic E-state index is 11.7. The molecule has 0 rings (SSSR count). The minimum atomic E-state index is -0.0737. The van der Waals surface area contributed by atoms with Crippen molar-refractivity contribution in [1.29, 1.82) is 0 Å². The highest BCUT2D eigenvalue weighted by atomic mass is 35.5. The van der Waals surface area contributed by atoms with Crippen LogP contribution in [0.1, 0.15) is 135 Å². The van der Waals surface area contributed by atoms with E-state index in [0.29, 0.717) is 19.6 Å². The summed E-state index contributed by atoms with van der Waals surface area (Å²) in [5.74, 6) is 0.672. The van der Waals surface area contributed by atoms with Crippen LogP contribution in [0.25, 0.3) is 0 Å². The van der Waals surface area contributed by atoms with Crippen molar-refractivity contribution in [3.63, 3.8) is 0 Å². The first-order valence-corrected chi connectivity index (χ1v) is 13.6. The molecule has 0 fully saturated rings. The fourth-order valence-corrected chi connectivity index (χ4v) is 3.87. The van der Waals surface area contributed by atoms with E-state index in [1.54, 1.807) is 0 Å². The third kappa shape index (κ3) is 25.8. The number of halogens is 1. The van der Waals surface area contributed by atoms with Gasteiger partial charge >= 0.3 is 5.97 Å². The Labute approximate surface area is 193 Å². The van der Waals surface area contributed by atoms with Crippen molar-refractivity contribution in [2.75, 3.05) is 25.7 Å². The first-order chi connectivity index (χ1) is 14.8. The van der Waals surface area contributed by atoms with Gasteiger partial charge in [0.05, 0.1) is 6.61 Å². The van der Waals surface area contributed by atoms with Gasteiger partial charge in [0.1, 0.15) is 6.61 Å². The molecule has 0 aliphatic carbocycles. The summed E-state index contributed by atoms with van der Waals surface area (Å²) in [7, 11) is 0. The first-order valence-electron chi connectivity index (χ1n) is 13.1. The molecule has 180 valence electrons. The van der Waals surface area contributed by atoms with Crippen LogP contribution >= 0.6 is 11.6 Å². The highest BCUT2D eigenvalue weighted by Crippen LogP contribution is 2.13. The van der Waals surface area contributed by atoms with Crippen molar-refractivity contribution in [2.24, 2.45) is 0 Å². The second kappa shape index (κ2) is 26.8. The van der Waals surface area contributed by atoms with Gasteiger partial charge in [-0.15, -0.1) is 11.6 Å². The van der Waals surface area contributed by atoms with Gasteiger partial charge in [-0.25, -0.2) is 0 Å². The number of unbranched alkanes of at least 4 members (excludes halogenated alkanes) is 17. The van der Waals surface area contributed by atoms with Crippen LogP contribution in [0.3, 0.4) is 0 Å². The average molecular weight is 447 g/mol. The minimum absolute atomic E-state index is 0.0737. The lowest BCUT2D eigenvalue weighted by Crippen LogP contribution is -2.10. The van der Waals surface area contributed by atoms with E-state index < -0.39 is 0 Å². The van der Waals surface area contributed by atoms with Gasteiger partial charge in [0, 0.05) is 18.9 Å². The number of hydrogen-bond acceptors (Lipinski definition) is 3. The maximum absolute atomic E-state index is 11.7. The number of ether oxygens (including phenoxy) is 2. The SMILES string of the molecule is CCCCCCCCCCCCCCCCCC(=O)OCCOCCCCCCCl. The lowest BCUT2D eigenvalue weighted by atomic mass is 10.0. The van der Waals surface area contributed by atoms with Crippen molar-refractivity contribution in [3.8, 4) is 0 Å². The Morgan fingerprint density at radius 2 is 1.03 bits per heavy atom. The van der Waals surface area contributed by atoms with Gasteiger partial charge in [0.25, 0.3) is 0 Å². The van der Waals surface area contributed by atoms with Crippen LogP contribution in [0.2, 0.25) is 0 Å². The van der Waals surface area contributed by atoms with Gasteiger partial charge in [0.2, 0.25) is 0 Å². The predicted octanol–water partition coefficient (Wildman–Crippen LogP) is 8.61. The molecule has 0 aliphatic rings. The molecule has 0 aromatic heterocycles. The molecule has 0 spiro atoms. The molecule has 0 atom stereocenters. The molecule has 0 saturated carbocycles. The Bertz CT molecular complexity index is 336. The summed E-state index contributed by atoms with van der Waals surface area (Å²) >= 11 is 5.64. The zero-order valence-electron chi connectivity index (χ0n) is 20.1. The first kappa shape index (κ1) is 29.7. The second-order valence-electron chi connectivity index (χ2n) is 8.64. The minimum Gasteiger partial charge on any atom is -0.463 e. The van der Waals surface area contributed by atoms with Gasteiger partial charge < -0.3 is 9.47 Å². The number of alkyl halides is 1. The summed E-state index contributed by atoms with van der Waals surface area (Å²) in [6.45, 7) is 3.93. The Hall–Kier alpha value is -0.280. The summed E-state index contributed by atoms with van der Waals surface area (Å²) < 4.78 is 10.7. The molecule has 4 heteroatoms. The second-order valence-corrected chi connectivity index (χ2v) is 9.01. The van der Waals surface area contributed by atoms with E-state index in [0.717, 1.165) is 44.6 Å². The summed E-state index contributed by atoms with van der Waals surface area (Å²) in [5, 5.41) is 0. The molecule has 0 heterocycles. The van der Waals surface area contributed by atoms with E-state index in [2.05, 4.69) is 6.92 Å². The van der Waals surface area contributed by atoms with Gasteiger partial charge in [-0.2, -0.15) is 0 Å². The maximum Gasteiger partial charge on any atom is 0.305 e. The molecule has 0 aromatic rings. The third-order valence-electron chi connectivity index (χ3n) is 5.65. The monoisotopic (exact) mass is 446 g/mol. The number of rotatable bonds is 25. The highest BCUT2D eigenvalue weighted by Gasteiger charge is 2.02. The number of hydrogen-bond donors (Lipinski definition) is 0. The topological polar surface area (TPSA) is 35.5 Å². The van der Waals surface area contributed by atoms with Crippen molar-refractivity contribution in [3.05, 3.63) is 0 Å². The molecule has 0 aliphatic heterocycles. The van der Waals surface area contributed by atoms with Crippen LogP contribution in [0.15, 0.2) is 0 Å². The Balaban J connectivity index is 3.12. The molecule has 0 N–H and O–H groups in total. The normalized spacial score (nSPS) is 11.1. The van der Waals surface area contributed by atoms with Crippen LogP contribution < -0.4 is 0 Å². The molecule has 3 nitrogen and oxygen atoms in total. The number of esters is 1. The third-order valence-corrected chi connectivity index (χ3v) is 5.91. The highest BCUT2D eigenvalue weighted by molar-refractivity contribution is 6.17. The zero-order valence-corrected chi connectivity index (χ0v) is 20.8. The van der Waals surface area contributed by atoms with Crippen molar-refractivity contribution in [2.45, 2.75) is 135 Å². The van der Waals surface area contributed by atoms with Crippen LogP contribution in [-0.2, 0) is 14.3 Å². The molecule has 0 bridgehead atoms. The van der Waals surface area contributed by atoms with Gasteiger partial charge in [0.15, 0.2) is 0 Å². The summed E-state index contributed by atoms with van der Waals surface area (Å²) in [5.41, 5.74) is 0. The van der Waals surface area contributed by atoms with E-state index in [1.807, 2.05) is 0 Å². The Morgan fingerprint density at radius 3 is 1.57 bits per heavy atom. The van der Waals surface area contributed by atoms with E-state index in [9.17, 15) is 4.79 Å². The smallest absolute Gasteiger partial charge is 0.305 e. The number of carbonyl (C=O) groups is 1. The lowest BCUT2D eigenvalue weighted by molar-refractivity contribution is -0.145.